The van der Waals surface area contributed by atoms with Gasteiger partial charge in [-0.2, -0.15) is 26.3 Å². The van der Waals surface area contributed by atoms with Crippen LogP contribution in [0, 0.1) is 11.8 Å². The molecule has 0 aliphatic carbocycles. The van der Waals surface area contributed by atoms with Crippen LogP contribution in [0.1, 0.15) is 99.8 Å². The van der Waals surface area contributed by atoms with Crippen LogP contribution >= 0.6 is 10.5 Å². The zero-order chi connectivity index (χ0) is 49.9. The first-order valence-corrected chi connectivity index (χ1v) is 23.7. The van der Waals surface area contributed by atoms with E-state index >= 15 is 0 Å². The maximum atomic E-state index is 13.1. The number of thiophene rings is 1. The Balaban J connectivity index is 0.000000411. The topological polar surface area (TPSA) is 137 Å². The molecule has 2 N–H and O–H groups in total. The van der Waals surface area contributed by atoms with E-state index < -0.39 is 55.9 Å². The molecule has 3 aliphatic heterocycles. The molecule has 65 heavy (non-hydrogen) atoms. The Labute approximate surface area is 379 Å². The fraction of sp³-hybridized carbons (Fsp3) is 0.636. The van der Waals surface area contributed by atoms with Crippen LogP contribution in [0.25, 0.3) is 20.2 Å². The molecule has 0 atom stereocenters. The zero-order valence-electron chi connectivity index (χ0n) is 38.0. The van der Waals surface area contributed by atoms with Gasteiger partial charge in [-0.3, -0.25) is 4.79 Å². The second-order valence-electron chi connectivity index (χ2n) is 17.3. The largest absolute Gasteiger partial charge is 0.741 e. The van der Waals surface area contributed by atoms with E-state index in [2.05, 4.69) is 28.9 Å². The normalized spacial score (nSPS) is 16.7. The van der Waals surface area contributed by atoms with Crippen molar-refractivity contribution in [2.75, 3.05) is 39.3 Å². The molecule has 1 aromatic heterocycles. The summed E-state index contributed by atoms with van der Waals surface area (Å²) in [7, 11) is -7.88. The van der Waals surface area contributed by atoms with E-state index in [1.54, 1.807) is 69.3 Å². The number of nitrogens with one attached hydrogen (secondary N) is 2. The van der Waals surface area contributed by atoms with Gasteiger partial charge in [0.2, 0.25) is 0 Å². The molecule has 0 saturated carbocycles. The van der Waals surface area contributed by atoms with Crippen LogP contribution in [0.3, 0.4) is 0 Å². The number of rotatable bonds is 3. The number of halogens is 9. The minimum Gasteiger partial charge on any atom is -0.741 e. The highest BCUT2D eigenvalue weighted by Gasteiger charge is 2.47. The molecule has 2 aromatic carbocycles. The minimum absolute atomic E-state index is 0.318. The molecular formula is C44H64F9N3O7S2. The lowest BCUT2D eigenvalue weighted by molar-refractivity contribution is -0.147. The first kappa shape index (κ1) is 59.4. The fourth-order valence-electron chi connectivity index (χ4n) is 6.29. The molecule has 1 amide bonds. The number of fused-ring (bicyclic) bond motifs is 3. The number of carbonyl (C=O) groups is 2. The SMILES string of the molecule is C=C1CCNCC1.CC(C)(C)OC(=O)N1CCC(CC(F)(F)F)CC1.CC(C)(C)OC=O.CCC1CCNCC1.FC(F)(F)[s+]1c2ccccc2c2ccccc21.O=S(=O)([O-])C(F)(F)F. The number of alkyl halides is 9. The van der Waals surface area contributed by atoms with E-state index in [9.17, 15) is 49.1 Å². The van der Waals surface area contributed by atoms with E-state index in [4.69, 9.17) is 17.7 Å². The van der Waals surface area contributed by atoms with Crippen molar-refractivity contribution in [1.82, 2.24) is 15.5 Å². The van der Waals surface area contributed by atoms with E-state index in [1.165, 1.54) is 55.7 Å². The van der Waals surface area contributed by atoms with Gasteiger partial charge in [-0.1, -0.05) is 49.8 Å². The van der Waals surface area contributed by atoms with Gasteiger partial charge in [0.1, 0.15) is 21.7 Å². The van der Waals surface area contributed by atoms with Gasteiger partial charge in [0.25, 0.3) is 6.47 Å². The number of piperidine rings is 3. The molecule has 0 unspecified atom stereocenters. The molecule has 6 rings (SSSR count). The molecule has 3 saturated heterocycles. The summed E-state index contributed by atoms with van der Waals surface area (Å²) >= 11 is 0. The highest BCUT2D eigenvalue weighted by atomic mass is 32.2. The molecule has 4 heterocycles. The Morgan fingerprint density at radius 2 is 1.20 bits per heavy atom. The highest BCUT2D eigenvalue weighted by Crippen LogP contribution is 2.53. The van der Waals surface area contributed by atoms with Crippen molar-refractivity contribution in [1.29, 1.82) is 0 Å². The summed E-state index contributed by atoms with van der Waals surface area (Å²) in [4.78, 5) is 22.8. The third-order valence-corrected chi connectivity index (χ3v) is 12.2. The standard InChI is InChI=1S/C13H8F3S.C12H20F3NO2.C7H15N.C6H11N.C5H10O2.CHF3O3S/c14-13(15,16)17-11-7-3-1-5-9(11)10-6-2-4-8-12(10)17;1-11(2,3)18-10(17)16-6-4-9(5-7-16)8-12(13,14)15;1-2-7-3-5-8-6-4-7;1-6-2-4-7-5-3-6;1-5(2,3)7-4-6;2-1(3,4)8(5,6)7/h1-8H;9H,4-8H2,1-3H3;7-8H,2-6H2,1H3;7H,1-5H2;4H,1-3H3;(H,5,6,7)/q+1;;;;;/p-1. The van der Waals surface area contributed by atoms with Crippen LogP contribution in [0.5, 0.6) is 0 Å². The second kappa shape index (κ2) is 26.6. The molecule has 21 heteroatoms. The van der Waals surface area contributed by atoms with Crippen molar-refractivity contribution in [3.63, 3.8) is 0 Å². The van der Waals surface area contributed by atoms with E-state index in [0.717, 1.165) is 19.0 Å². The van der Waals surface area contributed by atoms with E-state index in [-0.39, 0.29) is 11.5 Å². The van der Waals surface area contributed by atoms with Crippen molar-refractivity contribution in [2.24, 2.45) is 11.8 Å². The van der Waals surface area contributed by atoms with Crippen molar-refractivity contribution >= 4 is 53.3 Å². The highest BCUT2D eigenvalue weighted by molar-refractivity contribution is 7.86. The van der Waals surface area contributed by atoms with Gasteiger partial charge in [-0.05, 0) is 142 Å². The van der Waals surface area contributed by atoms with Crippen molar-refractivity contribution in [3.8, 4) is 0 Å². The Morgan fingerprint density at radius 3 is 1.49 bits per heavy atom. The van der Waals surface area contributed by atoms with E-state index in [1.807, 2.05) is 20.8 Å². The molecule has 0 radical (unpaired) electrons. The first-order chi connectivity index (χ1) is 29.8. The van der Waals surface area contributed by atoms with Crippen LogP contribution < -0.4 is 10.6 Å². The van der Waals surface area contributed by atoms with Crippen LogP contribution in [0.15, 0.2) is 60.7 Å². The third kappa shape index (κ3) is 24.6. The first-order valence-electron chi connectivity index (χ1n) is 21.1. The molecule has 0 spiro atoms. The summed E-state index contributed by atoms with van der Waals surface area (Å²) in [5, 5.41) is 8.03. The Hall–Kier alpha value is -3.66. The lowest BCUT2D eigenvalue weighted by Gasteiger charge is -2.33. The fourth-order valence-corrected chi connectivity index (χ4v) is 8.25. The Morgan fingerprint density at radius 1 is 0.769 bits per heavy atom. The maximum absolute atomic E-state index is 13.1. The predicted molar refractivity (Wildman–Crippen MR) is 236 cm³/mol. The average Bonchev–Trinajstić information content (AvgIpc) is 3.53. The van der Waals surface area contributed by atoms with Gasteiger partial charge in [-0.15, -0.1) is 13.2 Å². The van der Waals surface area contributed by atoms with Crippen LogP contribution in [-0.4, -0.2) is 92.6 Å². The zero-order valence-corrected chi connectivity index (χ0v) is 39.6. The Bertz CT molecular complexity index is 1930. The number of likely N-dealkylation sites (tertiary alicyclic amines) is 1. The number of hydrogen-bond acceptors (Lipinski definition) is 9. The summed E-state index contributed by atoms with van der Waals surface area (Å²) < 4.78 is 145. The van der Waals surface area contributed by atoms with E-state index in [0.29, 0.717) is 52.6 Å². The predicted octanol–water partition coefficient (Wildman–Crippen LogP) is 12.1. The minimum atomic E-state index is -6.09. The lowest BCUT2D eigenvalue weighted by Crippen LogP contribution is -2.42. The van der Waals surface area contributed by atoms with Gasteiger partial charge in [0.15, 0.2) is 19.5 Å². The quantitative estimate of drug-likeness (QED) is 0.0656. The molecular weight excluding hydrogens is 918 g/mol. The van der Waals surface area contributed by atoms with Gasteiger partial charge in [-0.25, -0.2) is 13.2 Å². The van der Waals surface area contributed by atoms with Crippen molar-refractivity contribution < 1.29 is 71.5 Å². The number of nitrogens with zero attached hydrogens (tertiary/aromatic N) is 1. The molecule has 3 fully saturated rings. The summed E-state index contributed by atoms with van der Waals surface area (Å²) in [6.07, 6.45) is 2.01. The Kier molecular flexibility index (Phi) is 24.3. The van der Waals surface area contributed by atoms with Crippen LogP contribution in [-0.2, 0) is 29.9 Å². The molecule has 3 aliphatic rings. The van der Waals surface area contributed by atoms with Crippen LogP contribution in [0.4, 0.5) is 44.3 Å². The number of amides is 1. The lowest BCUT2D eigenvalue weighted by atomic mass is 9.93. The number of benzene rings is 2. The van der Waals surface area contributed by atoms with Crippen molar-refractivity contribution in [3.05, 3.63) is 60.7 Å². The number of ether oxygens (including phenoxy) is 2. The number of hydrogen-bond donors (Lipinski definition) is 2. The molecule has 10 nitrogen and oxygen atoms in total. The van der Waals surface area contributed by atoms with Gasteiger partial charge in [0, 0.05) is 30.3 Å². The summed E-state index contributed by atoms with van der Waals surface area (Å²) in [5.41, 5.74) is -9.34. The molecule has 372 valence electrons. The van der Waals surface area contributed by atoms with Gasteiger partial charge in [0.05, 0.1) is 0 Å². The third-order valence-electron chi connectivity index (χ3n) is 9.55. The summed E-state index contributed by atoms with van der Waals surface area (Å²) in [6.45, 7) is 22.8. The van der Waals surface area contributed by atoms with Gasteiger partial charge >= 0.3 is 23.3 Å². The van der Waals surface area contributed by atoms with Crippen molar-refractivity contribution in [2.45, 2.75) is 128 Å². The van der Waals surface area contributed by atoms with Gasteiger partial charge < -0.3 is 29.6 Å². The molecule has 0 bridgehead atoms. The summed E-state index contributed by atoms with van der Waals surface area (Å²) in [5.74, 6) is 0.653. The summed E-state index contributed by atoms with van der Waals surface area (Å²) in [6, 6.07) is 13.5. The average molecular weight is 982 g/mol. The maximum Gasteiger partial charge on any atom is 0.601 e. The number of carbonyl (C=O) groups excluding carboxylic acids is 2. The smallest absolute Gasteiger partial charge is 0.601 e. The monoisotopic (exact) mass is 981 g/mol. The van der Waals surface area contributed by atoms with Crippen LogP contribution in [0.2, 0.25) is 0 Å². The molecule has 3 aromatic rings. The second-order valence-corrected chi connectivity index (χ2v) is 20.6.